The third-order valence-electron chi connectivity index (χ3n) is 3.54. The molecule has 1 saturated heterocycles. The molecule has 5 heteroatoms. The normalized spacial score (nSPS) is 25.0. The number of aromatic nitrogens is 1. The highest BCUT2D eigenvalue weighted by atomic mass is 32.1. The van der Waals surface area contributed by atoms with Crippen LogP contribution < -0.4 is 5.73 Å². The first kappa shape index (κ1) is 12.5. The Morgan fingerprint density at radius 3 is 3.06 bits per heavy atom. The summed E-state index contributed by atoms with van der Waals surface area (Å²) in [5.41, 5.74) is 6.33. The predicted octanol–water partition coefficient (Wildman–Crippen LogP) is 1.51. The Labute approximate surface area is 106 Å². The average Bonchev–Trinajstić information content (AvgIpc) is 2.75. The van der Waals surface area contributed by atoms with Gasteiger partial charge >= 0.3 is 0 Å². The van der Waals surface area contributed by atoms with Gasteiger partial charge in [-0.05, 0) is 31.7 Å². The van der Waals surface area contributed by atoms with Crippen molar-refractivity contribution in [2.45, 2.75) is 20.3 Å². The van der Waals surface area contributed by atoms with Crippen LogP contribution in [0.25, 0.3) is 0 Å². The molecule has 1 aliphatic rings. The van der Waals surface area contributed by atoms with Crippen molar-refractivity contribution in [3.8, 4) is 0 Å². The number of likely N-dealkylation sites (tertiary alicyclic amines) is 1. The maximum atomic E-state index is 12.2. The molecule has 94 valence electrons. The van der Waals surface area contributed by atoms with Gasteiger partial charge in [0.05, 0.1) is 5.01 Å². The number of piperidine rings is 1. The van der Waals surface area contributed by atoms with Crippen LogP contribution in [-0.2, 0) is 0 Å². The highest BCUT2D eigenvalue weighted by Crippen LogP contribution is 2.23. The number of rotatable bonds is 2. The number of hydrogen-bond donors (Lipinski definition) is 1. The van der Waals surface area contributed by atoms with Crippen molar-refractivity contribution in [2.75, 3.05) is 19.6 Å². The van der Waals surface area contributed by atoms with Gasteiger partial charge in [0.15, 0.2) is 0 Å². The second-order valence-electron chi connectivity index (χ2n) is 4.76. The highest BCUT2D eigenvalue weighted by molar-refractivity contribution is 7.09. The summed E-state index contributed by atoms with van der Waals surface area (Å²) in [6, 6.07) is 0. The first-order valence-corrected chi connectivity index (χ1v) is 6.91. The van der Waals surface area contributed by atoms with Gasteiger partial charge in [-0.15, -0.1) is 11.3 Å². The third-order valence-corrected chi connectivity index (χ3v) is 4.32. The van der Waals surface area contributed by atoms with E-state index in [0.717, 1.165) is 24.5 Å². The van der Waals surface area contributed by atoms with Gasteiger partial charge in [-0.3, -0.25) is 4.79 Å². The van der Waals surface area contributed by atoms with Crippen LogP contribution in [0.3, 0.4) is 0 Å². The van der Waals surface area contributed by atoms with E-state index in [9.17, 15) is 4.79 Å². The van der Waals surface area contributed by atoms with E-state index >= 15 is 0 Å². The molecule has 1 aliphatic heterocycles. The molecule has 0 aromatic carbocycles. The summed E-state index contributed by atoms with van der Waals surface area (Å²) in [7, 11) is 0. The number of nitrogens with zero attached hydrogens (tertiary/aromatic N) is 2. The highest BCUT2D eigenvalue weighted by Gasteiger charge is 2.29. The van der Waals surface area contributed by atoms with Crippen molar-refractivity contribution in [3.63, 3.8) is 0 Å². The Balaban J connectivity index is 2.05. The van der Waals surface area contributed by atoms with Crippen LogP contribution in [0.2, 0.25) is 0 Å². The zero-order valence-corrected chi connectivity index (χ0v) is 11.2. The minimum absolute atomic E-state index is 0.0553. The molecular weight excluding hydrogens is 234 g/mol. The molecule has 2 heterocycles. The predicted molar refractivity (Wildman–Crippen MR) is 69.1 cm³/mol. The fraction of sp³-hybridized carbons (Fsp3) is 0.667. The van der Waals surface area contributed by atoms with E-state index in [1.54, 1.807) is 0 Å². The van der Waals surface area contributed by atoms with Crippen LogP contribution in [0.1, 0.15) is 28.8 Å². The smallest absolute Gasteiger partial charge is 0.273 e. The molecule has 1 aromatic rings. The lowest BCUT2D eigenvalue weighted by molar-refractivity contribution is 0.0613. The van der Waals surface area contributed by atoms with Crippen LogP contribution in [0, 0.1) is 18.8 Å². The molecule has 1 amide bonds. The fourth-order valence-electron chi connectivity index (χ4n) is 2.26. The minimum Gasteiger partial charge on any atom is -0.337 e. The van der Waals surface area contributed by atoms with Crippen LogP contribution >= 0.6 is 11.3 Å². The van der Waals surface area contributed by atoms with Gasteiger partial charge in [0.1, 0.15) is 5.69 Å². The number of aryl methyl sites for hydroxylation is 1. The largest absolute Gasteiger partial charge is 0.337 e. The molecule has 0 radical (unpaired) electrons. The number of carbonyl (C=O) groups is 1. The zero-order chi connectivity index (χ0) is 12.4. The second-order valence-corrected chi connectivity index (χ2v) is 5.83. The topological polar surface area (TPSA) is 59.2 Å². The van der Waals surface area contributed by atoms with Crippen LogP contribution in [0.5, 0.6) is 0 Å². The first-order chi connectivity index (χ1) is 8.11. The second kappa shape index (κ2) is 5.14. The van der Waals surface area contributed by atoms with Crippen molar-refractivity contribution >= 4 is 17.2 Å². The third kappa shape index (κ3) is 2.66. The summed E-state index contributed by atoms with van der Waals surface area (Å²) in [5.74, 6) is 1.09. The van der Waals surface area contributed by atoms with E-state index in [2.05, 4.69) is 11.9 Å². The molecule has 0 saturated carbocycles. The zero-order valence-electron chi connectivity index (χ0n) is 10.3. The first-order valence-electron chi connectivity index (χ1n) is 6.03. The molecule has 0 aliphatic carbocycles. The molecule has 0 spiro atoms. The minimum atomic E-state index is 0.0553. The molecule has 2 unspecified atom stereocenters. The average molecular weight is 253 g/mol. The van der Waals surface area contributed by atoms with Gasteiger partial charge in [-0.2, -0.15) is 0 Å². The SMILES string of the molecule is Cc1nc(C(=O)N2CCC(C)C(CN)C2)cs1. The van der Waals surface area contributed by atoms with Crippen molar-refractivity contribution in [3.05, 3.63) is 16.1 Å². The molecule has 2 N–H and O–H groups in total. The molecule has 4 nitrogen and oxygen atoms in total. The lowest BCUT2D eigenvalue weighted by Gasteiger charge is -2.36. The molecule has 2 rings (SSSR count). The van der Waals surface area contributed by atoms with Gasteiger partial charge in [0.2, 0.25) is 0 Å². The van der Waals surface area contributed by atoms with E-state index in [1.165, 1.54) is 11.3 Å². The van der Waals surface area contributed by atoms with Gasteiger partial charge in [-0.1, -0.05) is 6.92 Å². The van der Waals surface area contributed by atoms with E-state index < -0.39 is 0 Å². The lowest BCUT2D eigenvalue weighted by atomic mass is 9.87. The van der Waals surface area contributed by atoms with Crippen molar-refractivity contribution in [2.24, 2.45) is 17.6 Å². The standard InChI is InChI=1S/C12H19N3OS/c1-8-3-4-15(6-10(8)5-13)12(16)11-7-17-9(2)14-11/h7-8,10H,3-6,13H2,1-2H3. The summed E-state index contributed by atoms with van der Waals surface area (Å²) < 4.78 is 0. The van der Waals surface area contributed by atoms with Gasteiger partial charge in [0.25, 0.3) is 5.91 Å². The Morgan fingerprint density at radius 2 is 2.47 bits per heavy atom. The van der Waals surface area contributed by atoms with Crippen molar-refractivity contribution < 1.29 is 4.79 Å². The number of amides is 1. The number of carbonyl (C=O) groups excluding carboxylic acids is 1. The lowest BCUT2D eigenvalue weighted by Crippen LogP contribution is -2.45. The van der Waals surface area contributed by atoms with Gasteiger partial charge in [0, 0.05) is 18.5 Å². The van der Waals surface area contributed by atoms with E-state index in [4.69, 9.17) is 5.73 Å². The Bertz CT molecular complexity index is 404. The maximum absolute atomic E-state index is 12.2. The fourth-order valence-corrected chi connectivity index (χ4v) is 2.85. The Morgan fingerprint density at radius 1 is 1.71 bits per heavy atom. The van der Waals surface area contributed by atoms with Crippen molar-refractivity contribution in [1.82, 2.24) is 9.88 Å². The summed E-state index contributed by atoms with van der Waals surface area (Å²) in [6.07, 6.45) is 1.04. The molecule has 0 bridgehead atoms. The monoisotopic (exact) mass is 253 g/mol. The summed E-state index contributed by atoms with van der Waals surface area (Å²) in [4.78, 5) is 18.4. The number of hydrogen-bond acceptors (Lipinski definition) is 4. The van der Waals surface area contributed by atoms with Crippen LogP contribution in [0.4, 0.5) is 0 Å². The van der Waals surface area contributed by atoms with Gasteiger partial charge in [-0.25, -0.2) is 4.98 Å². The van der Waals surface area contributed by atoms with Crippen molar-refractivity contribution in [1.29, 1.82) is 0 Å². The molecule has 2 atom stereocenters. The molecule has 17 heavy (non-hydrogen) atoms. The Kier molecular flexibility index (Phi) is 3.79. The van der Waals surface area contributed by atoms with E-state index in [0.29, 0.717) is 24.1 Å². The summed E-state index contributed by atoms with van der Waals surface area (Å²) >= 11 is 1.52. The summed E-state index contributed by atoms with van der Waals surface area (Å²) in [6.45, 7) is 6.38. The van der Waals surface area contributed by atoms with Crippen LogP contribution in [0.15, 0.2) is 5.38 Å². The van der Waals surface area contributed by atoms with E-state index in [1.807, 2.05) is 17.2 Å². The van der Waals surface area contributed by atoms with E-state index in [-0.39, 0.29) is 5.91 Å². The quantitative estimate of drug-likeness (QED) is 0.869. The maximum Gasteiger partial charge on any atom is 0.273 e. The Hall–Kier alpha value is -0.940. The number of nitrogens with two attached hydrogens (primary N) is 1. The molecule has 1 fully saturated rings. The van der Waals surface area contributed by atoms with Gasteiger partial charge < -0.3 is 10.6 Å². The van der Waals surface area contributed by atoms with Crippen LogP contribution in [-0.4, -0.2) is 35.4 Å². The molecule has 1 aromatic heterocycles. The summed E-state index contributed by atoms with van der Waals surface area (Å²) in [5, 5.41) is 2.78. The molecular formula is C12H19N3OS. The number of thiazole rings is 1.